The maximum Gasteiger partial charge on any atom is 0.417 e. The van der Waals surface area contributed by atoms with Crippen molar-refractivity contribution < 1.29 is 42.2 Å². The number of amides is 4. The number of ether oxygens (including phenoxy) is 1. The summed E-state index contributed by atoms with van der Waals surface area (Å²) >= 11 is 19.7. The van der Waals surface area contributed by atoms with Gasteiger partial charge < -0.3 is 9.84 Å². The molecule has 0 spiro atoms. The third-order valence-corrected chi connectivity index (χ3v) is 13.6. The number of rotatable bonds is 5. The number of carbonyl (C=O) groups is 4. The molecule has 3 fully saturated rings. The van der Waals surface area contributed by atoms with Crippen molar-refractivity contribution in [2.45, 2.75) is 56.7 Å². The molecule has 2 aliphatic heterocycles. The minimum atomic E-state index is -4.76. The third kappa shape index (κ3) is 5.66. The number of phenolic OH excluding ortho intramolecular Hbond substituents is 1. The van der Waals surface area contributed by atoms with Crippen LogP contribution in [-0.2, 0) is 30.8 Å². The number of aromatic hydroxyl groups is 1. The molecule has 2 aromatic carbocycles. The summed E-state index contributed by atoms with van der Waals surface area (Å²) < 4.78 is 46.5. The standard InChI is InChI=1S/C37H31Br2Cl2F3N4O6/c1-35(2,3)47-31(50)19-10-9-18-20(25(19)33(47)52)12-22-32(51)48(46-30-23(41)11-16(14-45-30)37(42,43)44)34(53)36(22,15-5-7-17(40)8-6-15)26(18)21-13-24(54-4)29(49)28(39)27(21)38/h5-9,11,13-14,19-20,22,25-26,49H,10,12H2,1-4H3,(H,45,46)/t19-,20+,22-,25-,26+,36+/m0/s1. The molecular weight excluding hydrogens is 884 g/mol. The lowest BCUT2D eigenvalue weighted by Gasteiger charge is -2.51. The largest absolute Gasteiger partial charge is 0.503 e. The number of allylic oxidation sites excluding steroid dienone is 2. The first-order valence-electron chi connectivity index (χ1n) is 16.7. The van der Waals surface area contributed by atoms with Gasteiger partial charge in [0.15, 0.2) is 17.3 Å². The minimum Gasteiger partial charge on any atom is -0.503 e. The number of phenols is 1. The summed E-state index contributed by atoms with van der Waals surface area (Å²) in [6.45, 7) is 5.30. The summed E-state index contributed by atoms with van der Waals surface area (Å²) in [6, 6.07) is 8.57. The molecule has 3 heterocycles. The fraction of sp³-hybridized carbons (Fsp3) is 0.378. The zero-order valence-electron chi connectivity index (χ0n) is 28.9. The van der Waals surface area contributed by atoms with Crippen LogP contribution in [0.1, 0.15) is 56.2 Å². The van der Waals surface area contributed by atoms with Gasteiger partial charge in [-0.05, 0) is 107 Å². The number of alkyl halides is 3. The zero-order valence-corrected chi connectivity index (χ0v) is 33.6. The number of fused-ring (bicyclic) bond motifs is 4. The number of benzene rings is 2. The molecule has 284 valence electrons. The van der Waals surface area contributed by atoms with Crippen LogP contribution in [0.3, 0.4) is 0 Å². The van der Waals surface area contributed by atoms with E-state index in [1.165, 1.54) is 12.0 Å². The highest BCUT2D eigenvalue weighted by Gasteiger charge is 2.71. The number of methoxy groups -OCH3 is 1. The van der Waals surface area contributed by atoms with Crippen molar-refractivity contribution in [2.24, 2.45) is 23.7 Å². The highest BCUT2D eigenvalue weighted by atomic mass is 79.9. The van der Waals surface area contributed by atoms with Crippen LogP contribution < -0.4 is 10.2 Å². The number of nitrogens with one attached hydrogen (secondary N) is 1. The predicted octanol–water partition coefficient (Wildman–Crippen LogP) is 8.43. The molecule has 0 bridgehead atoms. The summed E-state index contributed by atoms with van der Waals surface area (Å²) in [5.74, 6) is -7.38. The first-order chi connectivity index (χ1) is 25.2. The SMILES string of the molecule is COc1cc([C@H]2C3=CC[C@@H]4C(=O)N(C(C)(C)C)C(=O)[C@@H]4[C@@H]3C[C@H]3C(=O)N(Nc4ncc(C(F)(F)F)cc4Cl)C(=O)[C@@]23c2ccc(Cl)cc2)c(Br)c(Br)c1O. The molecule has 4 aliphatic rings. The maximum atomic E-state index is 15.4. The van der Waals surface area contributed by atoms with Crippen molar-refractivity contribution in [1.82, 2.24) is 14.9 Å². The summed E-state index contributed by atoms with van der Waals surface area (Å²) in [7, 11) is 1.35. The second kappa shape index (κ2) is 13.2. The molecule has 0 unspecified atom stereocenters. The van der Waals surface area contributed by atoms with Crippen LogP contribution in [0.25, 0.3) is 0 Å². The molecule has 10 nitrogen and oxygen atoms in total. The Balaban J connectivity index is 1.49. The van der Waals surface area contributed by atoms with Gasteiger partial charge in [-0.2, -0.15) is 18.2 Å². The highest BCUT2D eigenvalue weighted by molar-refractivity contribution is 9.13. The van der Waals surface area contributed by atoms with Crippen molar-refractivity contribution in [2.75, 3.05) is 12.5 Å². The van der Waals surface area contributed by atoms with Gasteiger partial charge in [-0.1, -0.05) is 47.0 Å². The van der Waals surface area contributed by atoms with E-state index in [2.05, 4.69) is 42.3 Å². The molecule has 3 aromatic rings. The first-order valence-corrected chi connectivity index (χ1v) is 19.1. The number of imide groups is 2. The normalized spacial score (nSPS) is 26.8. The average molecular weight is 915 g/mol. The van der Waals surface area contributed by atoms with Gasteiger partial charge in [-0.25, -0.2) is 4.98 Å². The molecule has 0 radical (unpaired) electrons. The number of carbonyl (C=O) groups excluding carboxylic acids is 4. The molecule has 4 amide bonds. The fourth-order valence-electron chi connectivity index (χ4n) is 8.77. The lowest BCUT2D eigenvalue weighted by Crippen LogP contribution is -2.53. The number of halogens is 7. The number of hydrogen-bond donors (Lipinski definition) is 2. The van der Waals surface area contributed by atoms with Crippen LogP contribution in [0, 0.1) is 23.7 Å². The Morgan fingerprint density at radius 1 is 0.981 bits per heavy atom. The quantitative estimate of drug-likeness (QED) is 0.193. The molecular formula is C37H31Br2Cl2F3N4O6. The Morgan fingerprint density at radius 2 is 1.65 bits per heavy atom. The average Bonchev–Trinajstić information content (AvgIpc) is 3.49. The number of hydrogen-bond acceptors (Lipinski definition) is 8. The van der Waals surface area contributed by atoms with Crippen LogP contribution in [0.5, 0.6) is 11.5 Å². The van der Waals surface area contributed by atoms with Gasteiger partial charge in [-0.3, -0.25) is 29.5 Å². The minimum absolute atomic E-state index is 0.0396. The van der Waals surface area contributed by atoms with E-state index < -0.39 is 69.1 Å². The second-order valence-electron chi connectivity index (χ2n) is 14.7. The molecule has 2 N–H and O–H groups in total. The lowest BCUT2D eigenvalue weighted by molar-refractivity contribution is -0.146. The summed E-state index contributed by atoms with van der Waals surface area (Å²) in [4.78, 5) is 63.6. The van der Waals surface area contributed by atoms with Gasteiger partial charge in [0.05, 0.1) is 45.3 Å². The van der Waals surface area contributed by atoms with Gasteiger partial charge >= 0.3 is 6.18 Å². The topological polar surface area (TPSA) is 129 Å². The number of pyridine rings is 1. The number of anilines is 1. The van der Waals surface area contributed by atoms with Crippen LogP contribution in [0.4, 0.5) is 19.0 Å². The Morgan fingerprint density at radius 3 is 2.24 bits per heavy atom. The third-order valence-electron chi connectivity index (χ3n) is 10.9. The monoisotopic (exact) mass is 912 g/mol. The van der Waals surface area contributed by atoms with Crippen molar-refractivity contribution in [3.05, 3.63) is 89.9 Å². The molecule has 1 aromatic heterocycles. The van der Waals surface area contributed by atoms with Crippen LogP contribution in [0.2, 0.25) is 10.0 Å². The predicted molar refractivity (Wildman–Crippen MR) is 199 cm³/mol. The Hall–Kier alpha value is -3.66. The Kier molecular flexibility index (Phi) is 9.46. The van der Waals surface area contributed by atoms with Crippen LogP contribution >= 0.6 is 55.1 Å². The van der Waals surface area contributed by atoms with E-state index >= 15 is 4.79 Å². The van der Waals surface area contributed by atoms with E-state index in [1.807, 2.05) is 6.08 Å². The fourth-order valence-corrected chi connectivity index (χ4v) is 10.1. The number of aromatic nitrogens is 1. The molecule has 2 aliphatic carbocycles. The van der Waals surface area contributed by atoms with E-state index in [-0.39, 0.29) is 46.4 Å². The van der Waals surface area contributed by atoms with E-state index in [0.29, 0.717) is 43.5 Å². The van der Waals surface area contributed by atoms with Crippen molar-refractivity contribution in [1.29, 1.82) is 0 Å². The molecule has 7 rings (SSSR count). The Labute approximate surface area is 334 Å². The molecule has 6 atom stereocenters. The van der Waals surface area contributed by atoms with E-state index in [9.17, 15) is 32.7 Å². The van der Waals surface area contributed by atoms with E-state index in [4.69, 9.17) is 27.9 Å². The van der Waals surface area contributed by atoms with Gasteiger partial charge in [0.25, 0.3) is 11.8 Å². The number of nitrogens with zero attached hydrogens (tertiary/aromatic N) is 3. The zero-order chi connectivity index (χ0) is 39.4. The summed E-state index contributed by atoms with van der Waals surface area (Å²) in [5.41, 5.74) is 0.253. The first kappa shape index (κ1) is 38.6. The highest BCUT2D eigenvalue weighted by Crippen LogP contribution is 2.66. The van der Waals surface area contributed by atoms with Crippen molar-refractivity contribution >= 4 is 84.5 Å². The smallest absolute Gasteiger partial charge is 0.417 e. The van der Waals surface area contributed by atoms with Gasteiger partial charge in [0.2, 0.25) is 11.8 Å². The van der Waals surface area contributed by atoms with Crippen LogP contribution in [0.15, 0.2) is 63.2 Å². The van der Waals surface area contributed by atoms with Crippen LogP contribution in [-0.4, -0.2) is 56.3 Å². The van der Waals surface area contributed by atoms with Gasteiger partial charge in [-0.15, -0.1) is 0 Å². The second-order valence-corrected chi connectivity index (χ2v) is 17.2. The van der Waals surface area contributed by atoms with Crippen molar-refractivity contribution in [3.8, 4) is 11.5 Å². The summed E-state index contributed by atoms with van der Waals surface area (Å²) in [6.07, 6.45) is -2.23. The van der Waals surface area contributed by atoms with E-state index in [0.717, 1.165) is 0 Å². The van der Waals surface area contributed by atoms with Gasteiger partial charge in [0.1, 0.15) is 0 Å². The number of hydrazine groups is 1. The lowest BCUT2D eigenvalue weighted by atomic mass is 9.49. The summed E-state index contributed by atoms with van der Waals surface area (Å²) in [5, 5.41) is 11.5. The molecule has 17 heteroatoms. The van der Waals surface area contributed by atoms with Gasteiger partial charge in [0, 0.05) is 27.1 Å². The maximum absolute atomic E-state index is 15.4. The van der Waals surface area contributed by atoms with Crippen molar-refractivity contribution in [3.63, 3.8) is 0 Å². The molecule has 1 saturated carbocycles. The number of likely N-dealkylation sites (tertiary alicyclic amines) is 1. The molecule has 2 saturated heterocycles. The van der Waals surface area contributed by atoms with E-state index in [1.54, 1.807) is 51.1 Å². The Bertz CT molecular complexity index is 2180. The molecule has 54 heavy (non-hydrogen) atoms.